The first kappa shape index (κ1) is 15.3. The van der Waals surface area contributed by atoms with Gasteiger partial charge in [-0.15, -0.1) is 0 Å². The van der Waals surface area contributed by atoms with Crippen molar-refractivity contribution < 1.29 is 5.11 Å². The molecule has 2 aliphatic rings. The molecule has 3 heteroatoms. The first-order chi connectivity index (χ1) is 9.11. The van der Waals surface area contributed by atoms with E-state index >= 15 is 0 Å². The molecule has 0 aromatic heterocycles. The Morgan fingerprint density at radius 2 is 1.79 bits per heavy atom. The number of nitrogens with one attached hydrogen (secondary N) is 1. The molecular weight excluding hydrogens is 236 g/mol. The fourth-order valence-electron chi connectivity index (χ4n) is 3.49. The van der Waals surface area contributed by atoms with Gasteiger partial charge in [-0.3, -0.25) is 0 Å². The minimum atomic E-state index is -0.424. The van der Waals surface area contributed by atoms with E-state index in [1.165, 1.54) is 51.7 Å². The van der Waals surface area contributed by atoms with Crippen LogP contribution in [0.3, 0.4) is 0 Å². The number of piperidine rings is 1. The van der Waals surface area contributed by atoms with Gasteiger partial charge in [0.25, 0.3) is 0 Å². The zero-order chi connectivity index (χ0) is 13.7. The van der Waals surface area contributed by atoms with Crippen molar-refractivity contribution in [2.45, 2.75) is 70.4 Å². The normalized spacial score (nSPS) is 34.6. The smallest absolute Gasteiger partial charge is 0.0771 e. The number of hydrogen-bond donors (Lipinski definition) is 2. The second kappa shape index (κ2) is 7.05. The predicted octanol–water partition coefficient (Wildman–Crippen LogP) is 2.39. The van der Waals surface area contributed by atoms with Gasteiger partial charge in [-0.2, -0.15) is 0 Å². The second-order valence-electron chi connectivity index (χ2n) is 6.90. The summed E-state index contributed by atoms with van der Waals surface area (Å²) < 4.78 is 0. The molecule has 0 aromatic rings. The lowest BCUT2D eigenvalue weighted by Crippen LogP contribution is -2.49. The van der Waals surface area contributed by atoms with Gasteiger partial charge in [0.15, 0.2) is 0 Å². The van der Waals surface area contributed by atoms with Crippen LogP contribution in [0.1, 0.15) is 58.8 Å². The molecule has 0 radical (unpaired) electrons. The van der Waals surface area contributed by atoms with Gasteiger partial charge in [0.2, 0.25) is 0 Å². The first-order valence-electron chi connectivity index (χ1n) is 8.29. The molecule has 1 aliphatic carbocycles. The minimum absolute atomic E-state index is 0.424. The Labute approximate surface area is 118 Å². The minimum Gasteiger partial charge on any atom is -0.389 e. The molecule has 1 saturated heterocycles. The molecule has 0 aromatic carbocycles. The monoisotopic (exact) mass is 268 g/mol. The van der Waals surface area contributed by atoms with E-state index in [1.54, 1.807) is 0 Å². The molecule has 112 valence electrons. The van der Waals surface area contributed by atoms with Crippen molar-refractivity contribution in [2.24, 2.45) is 5.92 Å². The van der Waals surface area contributed by atoms with Crippen molar-refractivity contribution >= 4 is 0 Å². The van der Waals surface area contributed by atoms with E-state index in [2.05, 4.69) is 24.1 Å². The van der Waals surface area contributed by atoms with E-state index in [-0.39, 0.29) is 0 Å². The molecule has 0 unspecified atom stereocenters. The zero-order valence-corrected chi connectivity index (χ0v) is 12.8. The summed E-state index contributed by atoms with van der Waals surface area (Å²) in [6, 6.07) is 0.622. The molecule has 0 atom stereocenters. The maximum absolute atomic E-state index is 10.6. The number of hydrogen-bond acceptors (Lipinski definition) is 3. The fraction of sp³-hybridized carbons (Fsp3) is 1.00. The lowest BCUT2D eigenvalue weighted by atomic mass is 9.79. The highest BCUT2D eigenvalue weighted by Gasteiger charge is 2.32. The SMILES string of the molecule is CCCN1CCC(NCC2(O)CCC(C)CC2)CC1. The average Bonchev–Trinajstić information content (AvgIpc) is 2.42. The third-order valence-corrected chi connectivity index (χ3v) is 5.05. The lowest BCUT2D eigenvalue weighted by Gasteiger charge is -2.38. The van der Waals surface area contributed by atoms with Crippen LogP contribution in [0.4, 0.5) is 0 Å². The van der Waals surface area contributed by atoms with Crippen molar-refractivity contribution in [3.8, 4) is 0 Å². The Morgan fingerprint density at radius 1 is 1.16 bits per heavy atom. The maximum Gasteiger partial charge on any atom is 0.0771 e. The molecule has 1 aliphatic heterocycles. The third-order valence-electron chi connectivity index (χ3n) is 5.05. The van der Waals surface area contributed by atoms with Gasteiger partial charge in [0.05, 0.1) is 5.60 Å². The molecule has 3 nitrogen and oxygen atoms in total. The van der Waals surface area contributed by atoms with E-state index in [9.17, 15) is 5.11 Å². The number of nitrogens with zero attached hydrogens (tertiary/aromatic N) is 1. The van der Waals surface area contributed by atoms with Crippen LogP contribution in [0.15, 0.2) is 0 Å². The molecule has 0 amide bonds. The van der Waals surface area contributed by atoms with Gasteiger partial charge in [-0.1, -0.05) is 13.8 Å². The van der Waals surface area contributed by atoms with Crippen molar-refractivity contribution in [3.05, 3.63) is 0 Å². The van der Waals surface area contributed by atoms with Gasteiger partial charge >= 0.3 is 0 Å². The van der Waals surface area contributed by atoms with E-state index in [0.29, 0.717) is 6.04 Å². The van der Waals surface area contributed by atoms with Gasteiger partial charge in [0.1, 0.15) is 0 Å². The fourth-order valence-corrected chi connectivity index (χ4v) is 3.49. The summed E-state index contributed by atoms with van der Waals surface area (Å²) in [6.07, 6.45) is 8.08. The zero-order valence-electron chi connectivity index (χ0n) is 12.8. The molecule has 1 heterocycles. The van der Waals surface area contributed by atoms with Crippen LogP contribution in [0.5, 0.6) is 0 Å². The summed E-state index contributed by atoms with van der Waals surface area (Å²) >= 11 is 0. The van der Waals surface area contributed by atoms with Crippen LogP contribution in [0, 0.1) is 5.92 Å². The summed E-state index contributed by atoms with van der Waals surface area (Å²) in [7, 11) is 0. The van der Waals surface area contributed by atoms with Crippen LogP contribution in [0.25, 0.3) is 0 Å². The first-order valence-corrected chi connectivity index (χ1v) is 8.29. The molecule has 1 saturated carbocycles. The standard InChI is InChI=1S/C16H32N2O/c1-3-10-18-11-6-15(7-12-18)17-13-16(19)8-4-14(2)5-9-16/h14-15,17,19H,3-13H2,1-2H3. The van der Waals surface area contributed by atoms with E-state index < -0.39 is 5.60 Å². The van der Waals surface area contributed by atoms with Crippen LogP contribution in [-0.4, -0.2) is 47.8 Å². The van der Waals surface area contributed by atoms with Crippen molar-refractivity contribution in [3.63, 3.8) is 0 Å². The predicted molar refractivity (Wildman–Crippen MR) is 80.3 cm³/mol. The van der Waals surface area contributed by atoms with Crippen molar-refractivity contribution in [1.82, 2.24) is 10.2 Å². The number of aliphatic hydroxyl groups is 1. The highest BCUT2D eigenvalue weighted by molar-refractivity contribution is 4.88. The molecule has 2 N–H and O–H groups in total. The second-order valence-corrected chi connectivity index (χ2v) is 6.90. The lowest BCUT2D eigenvalue weighted by molar-refractivity contribution is -0.00978. The summed E-state index contributed by atoms with van der Waals surface area (Å²) in [5.74, 6) is 0.803. The van der Waals surface area contributed by atoms with Gasteiger partial charge in [-0.05, 0) is 70.5 Å². The number of likely N-dealkylation sites (tertiary alicyclic amines) is 1. The van der Waals surface area contributed by atoms with Gasteiger partial charge < -0.3 is 15.3 Å². The van der Waals surface area contributed by atoms with Gasteiger partial charge in [0, 0.05) is 12.6 Å². The van der Waals surface area contributed by atoms with Crippen LogP contribution >= 0.6 is 0 Å². The third kappa shape index (κ3) is 4.73. The summed E-state index contributed by atoms with van der Waals surface area (Å²) in [6.45, 7) is 9.05. The quantitative estimate of drug-likeness (QED) is 0.803. The van der Waals surface area contributed by atoms with Crippen molar-refractivity contribution in [2.75, 3.05) is 26.2 Å². The molecule has 0 bridgehead atoms. The largest absolute Gasteiger partial charge is 0.389 e. The highest BCUT2D eigenvalue weighted by Crippen LogP contribution is 2.31. The van der Waals surface area contributed by atoms with Crippen LogP contribution in [-0.2, 0) is 0 Å². The highest BCUT2D eigenvalue weighted by atomic mass is 16.3. The Kier molecular flexibility index (Phi) is 5.67. The summed E-state index contributed by atoms with van der Waals surface area (Å²) in [4.78, 5) is 2.56. The summed E-state index contributed by atoms with van der Waals surface area (Å²) in [5.41, 5.74) is -0.424. The Hall–Kier alpha value is -0.120. The Balaban J connectivity index is 1.66. The van der Waals surface area contributed by atoms with E-state index in [0.717, 1.165) is 25.3 Å². The van der Waals surface area contributed by atoms with Crippen LogP contribution in [0.2, 0.25) is 0 Å². The molecule has 2 rings (SSSR count). The molecular formula is C16H32N2O. The number of rotatable bonds is 5. The molecule has 0 spiro atoms. The summed E-state index contributed by atoms with van der Waals surface area (Å²) in [5, 5.41) is 14.2. The maximum atomic E-state index is 10.6. The van der Waals surface area contributed by atoms with Crippen LogP contribution < -0.4 is 5.32 Å². The average molecular weight is 268 g/mol. The Bertz CT molecular complexity index is 253. The topological polar surface area (TPSA) is 35.5 Å². The van der Waals surface area contributed by atoms with E-state index in [1.807, 2.05) is 0 Å². The van der Waals surface area contributed by atoms with Crippen molar-refractivity contribution in [1.29, 1.82) is 0 Å². The Morgan fingerprint density at radius 3 is 2.37 bits per heavy atom. The van der Waals surface area contributed by atoms with E-state index in [4.69, 9.17) is 0 Å². The molecule has 19 heavy (non-hydrogen) atoms. The van der Waals surface area contributed by atoms with Gasteiger partial charge in [-0.25, -0.2) is 0 Å². The molecule has 2 fully saturated rings.